The maximum atomic E-state index is 12.8. The van der Waals surface area contributed by atoms with Crippen LogP contribution in [0.25, 0.3) is 0 Å². The molecule has 0 saturated carbocycles. The number of piperidine rings is 1. The number of aromatic nitrogens is 1. The van der Waals surface area contributed by atoms with Gasteiger partial charge in [0.2, 0.25) is 10.0 Å². The van der Waals surface area contributed by atoms with Gasteiger partial charge in [0.15, 0.2) is 0 Å². The Labute approximate surface area is 130 Å². The number of carbonyl (C=O) groups excluding carboxylic acids is 2. The fourth-order valence-corrected chi connectivity index (χ4v) is 4.54. The summed E-state index contributed by atoms with van der Waals surface area (Å²) >= 11 is 0. The van der Waals surface area contributed by atoms with Crippen molar-refractivity contribution >= 4 is 21.7 Å². The van der Waals surface area contributed by atoms with Crippen LogP contribution in [-0.4, -0.2) is 48.6 Å². The van der Waals surface area contributed by atoms with Gasteiger partial charge in [-0.15, -0.1) is 0 Å². The van der Waals surface area contributed by atoms with E-state index in [1.807, 2.05) is 0 Å². The molecule has 1 aliphatic rings. The van der Waals surface area contributed by atoms with E-state index in [2.05, 4.69) is 5.32 Å². The molecule has 0 aliphatic carbocycles. The van der Waals surface area contributed by atoms with Gasteiger partial charge in [0, 0.05) is 26.8 Å². The first-order chi connectivity index (χ1) is 10.3. The molecule has 0 radical (unpaired) electrons. The molecule has 1 N–H and O–H groups in total. The monoisotopic (exact) mass is 327 g/mol. The van der Waals surface area contributed by atoms with Crippen molar-refractivity contribution in [2.24, 2.45) is 7.05 Å². The van der Waals surface area contributed by atoms with E-state index in [-0.39, 0.29) is 22.3 Å². The second kappa shape index (κ2) is 6.21. The predicted octanol–water partition coefficient (Wildman–Crippen LogP) is 0.517. The number of ketones is 1. The molecule has 1 aromatic rings. The van der Waals surface area contributed by atoms with E-state index >= 15 is 0 Å². The summed E-state index contributed by atoms with van der Waals surface area (Å²) in [7, 11) is -0.689. The Morgan fingerprint density at radius 3 is 2.59 bits per heavy atom. The van der Waals surface area contributed by atoms with Crippen molar-refractivity contribution in [2.45, 2.75) is 37.1 Å². The second-order valence-electron chi connectivity index (χ2n) is 5.49. The van der Waals surface area contributed by atoms with Crippen LogP contribution in [0.4, 0.5) is 0 Å². The van der Waals surface area contributed by atoms with Crippen LogP contribution in [0.5, 0.6) is 0 Å². The zero-order valence-corrected chi connectivity index (χ0v) is 13.8. The highest BCUT2D eigenvalue weighted by Crippen LogP contribution is 2.26. The van der Waals surface area contributed by atoms with E-state index < -0.39 is 16.1 Å². The van der Waals surface area contributed by atoms with Crippen molar-refractivity contribution < 1.29 is 18.0 Å². The van der Waals surface area contributed by atoms with Crippen LogP contribution >= 0.6 is 0 Å². The molecule has 122 valence electrons. The minimum absolute atomic E-state index is 0.0433. The van der Waals surface area contributed by atoms with Crippen molar-refractivity contribution in [3.63, 3.8) is 0 Å². The van der Waals surface area contributed by atoms with Crippen molar-refractivity contribution in [1.29, 1.82) is 0 Å². The van der Waals surface area contributed by atoms with E-state index in [9.17, 15) is 18.0 Å². The Bertz CT molecular complexity index is 693. The zero-order valence-electron chi connectivity index (χ0n) is 13.0. The van der Waals surface area contributed by atoms with E-state index in [0.29, 0.717) is 13.0 Å². The summed E-state index contributed by atoms with van der Waals surface area (Å²) in [4.78, 5) is 23.5. The number of hydrogen-bond donors (Lipinski definition) is 1. The van der Waals surface area contributed by atoms with Gasteiger partial charge in [-0.1, -0.05) is 6.42 Å². The minimum Gasteiger partial charge on any atom is -0.354 e. The lowest BCUT2D eigenvalue weighted by atomic mass is 10.0. The van der Waals surface area contributed by atoms with Crippen molar-refractivity contribution in [1.82, 2.24) is 14.2 Å². The summed E-state index contributed by atoms with van der Waals surface area (Å²) in [5.74, 6) is -0.503. The topological polar surface area (TPSA) is 88.5 Å². The Morgan fingerprint density at radius 2 is 2.00 bits per heavy atom. The molecule has 1 fully saturated rings. The summed E-state index contributed by atoms with van der Waals surface area (Å²) in [6.45, 7) is 1.75. The number of hydrogen-bond acceptors (Lipinski definition) is 4. The number of carbonyl (C=O) groups is 2. The Balaban J connectivity index is 2.41. The number of rotatable bonds is 4. The number of Topliss-reactive ketones (excluding diaryl/α,β-unsaturated/α-hetero) is 1. The summed E-state index contributed by atoms with van der Waals surface area (Å²) in [6.07, 6.45) is 3.53. The molecule has 1 atom stereocenters. The van der Waals surface area contributed by atoms with Gasteiger partial charge in [0.1, 0.15) is 16.4 Å². The summed E-state index contributed by atoms with van der Waals surface area (Å²) in [5, 5.41) is 2.47. The Kier molecular flexibility index (Phi) is 4.72. The number of sulfonamides is 1. The molecule has 1 aliphatic heterocycles. The van der Waals surface area contributed by atoms with Crippen LogP contribution in [0.1, 0.15) is 36.7 Å². The maximum Gasteiger partial charge on any atom is 0.267 e. The quantitative estimate of drug-likeness (QED) is 0.873. The molecule has 7 nitrogen and oxygen atoms in total. The zero-order chi connectivity index (χ0) is 16.5. The van der Waals surface area contributed by atoms with E-state index in [4.69, 9.17) is 0 Å². The average Bonchev–Trinajstić information content (AvgIpc) is 2.89. The molecule has 2 heterocycles. The molecule has 8 heteroatoms. The molecule has 0 bridgehead atoms. The van der Waals surface area contributed by atoms with Gasteiger partial charge in [0.25, 0.3) is 5.91 Å². The third-order valence-electron chi connectivity index (χ3n) is 3.97. The highest BCUT2D eigenvalue weighted by Gasteiger charge is 2.36. The van der Waals surface area contributed by atoms with Gasteiger partial charge in [0.05, 0.1) is 6.04 Å². The molecule has 0 unspecified atom stereocenters. The van der Waals surface area contributed by atoms with Gasteiger partial charge in [-0.3, -0.25) is 9.59 Å². The SMILES string of the molecule is CNC(=O)c1cc(S(=O)(=O)N2CCCC[C@H]2C(C)=O)cn1C. The van der Waals surface area contributed by atoms with Crippen LogP contribution in [0, 0.1) is 0 Å². The van der Waals surface area contributed by atoms with E-state index in [1.165, 1.54) is 35.1 Å². The molecule has 1 amide bonds. The first-order valence-electron chi connectivity index (χ1n) is 7.19. The van der Waals surface area contributed by atoms with Gasteiger partial charge in [-0.05, 0) is 25.8 Å². The molecule has 22 heavy (non-hydrogen) atoms. The second-order valence-corrected chi connectivity index (χ2v) is 7.38. The molecule has 0 spiro atoms. The summed E-state index contributed by atoms with van der Waals surface area (Å²) < 4.78 is 28.4. The lowest BCUT2D eigenvalue weighted by Gasteiger charge is -2.32. The Hall–Kier alpha value is -1.67. The third-order valence-corrected chi connectivity index (χ3v) is 5.84. The van der Waals surface area contributed by atoms with Crippen LogP contribution in [0.15, 0.2) is 17.2 Å². The molecular formula is C14H21N3O4S. The van der Waals surface area contributed by atoms with Crippen molar-refractivity contribution in [2.75, 3.05) is 13.6 Å². The number of aryl methyl sites for hydroxylation is 1. The molecular weight excluding hydrogens is 306 g/mol. The first kappa shape index (κ1) is 16.7. The third kappa shape index (κ3) is 2.93. The van der Waals surface area contributed by atoms with Crippen LogP contribution in [0.2, 0.25) is 0 Å². The van der Waals surface area contributed by atoms with Crippen LogP contribution < -0.4 is 5.32 Å². The molecule has 2 rings (SSSR count). The summed E-state index contributed by atoms with van der Waals surface area (Å²) in [5.41, 5.74) is 0.262. The molecule has 1 aromatic heterocycles. The lowest BCUT2D eigenvalue weighted by molar-refractivity contribution is -0.121. The smallest absolute Gasteiger partial charge is 0.267 e. The lowest BCUT2D eigenvalue weighted by Crippen LogP contribution is -2.47. The number of nitrogens with zero attached hydrogens (tertiary/aromatic N) is 2. The minimum atomic E-state index is -3.79. The predicted molar refractivity (Wildman–Crippen MR) is 81.0 cm³/mol. The van der Waals surface area contributed by atoms with Gasteiger partial charge in [-0.2, -0.15) is 4.31 Å². The maximum absolute atomic E-state index is 12.8. The number of amides is 1. The normalized spacial score (nSPS) is 19.9. The van der Waals surface area contributed by atoms with Gasteiger partial charge >= 0.3 is 0 Å². The van der Waals surface area contributed by atoms with Crippen molar-refractivity contribution in [3.8, 4) is 0 Å². The van der Waals surface area contributed by atoms with Gasteiger partial charge < -0.3 is 9.88 Å². The fourth-order valence-electron chi connectivity index (χ4n) is 2.76. The number of nitrogens with one attached hydrogen (secondary N) is 1. The molecule has 1 saturated heterocycles. The average molecular weight is 327 g/mol. The van der Waals surface area contributed by atoms with Crippen molar-refractivity contribution in [3.05, 3.63) is 18.0 Å². The molecule has 0 aromatic carbocycles. The van der Waals surface area contributed by atoms with Crippen LogP contribution in [-0.2, 0) is 21.9 Å². The van der Waals surface area contributed by atoms with E-state index in [1.54, 1.807) is 7.05 Å². The summed E-state index contributed by atoms with van der Waals surface area (Å²) in [6, 6.07) is 0.738. The Morgan fingerprint density at radius 1 is 1.32 bits per heavy atom. The first-order valence-corrected chi connectivity index (χ1v) is 8.63. The van der Waals surface area contributed by atoms with E-state index in [0.717, 1.165) is 12.8 Å². The standard InChI is InChI=1S/C14H21N3O4S/c1-10(18)12-6-4-5-7-17(12)22(20,21)11-8-13(14(19)15-2)16(3)9-11/h8-9,12H,4-7H2,1-3H3,(H,15,19)/t12-/m0/s1. The van der Waals surface area contributed by atoms with Crippen LogP contribution in [0.3, 0.4) is 0 Å². The highest BCUT2D eigenvalue weighted by molar-refractivity contribution is 7.89. The van der Waals surface area contributed by atoms with Gasteiger partial charge in [-0.25, -0.2) is 8.42 Å². The highest BCUT2D eigenvalue weighted by atomic mass is 32.2. The largest absolute Gasteiger partial charge is 0.354 e. The fraction of sp³-hybridized carbons (Fsp3) is 0.571.